The van der Waals surface area contributed by atoms with Gasteiger partial charge in [0.2, 0.25) is 5.88 Å². The summed E-state index contributed by atoms with van der Waals surface area (Å²) in [5.41, 5.74) is 0.436. The van der Waals surface area contributed by atoms with Crippen molar-refractivity contribution in [1.82, 2.24) is 4.98 Å². The number of nitro groups is 1. The van der Waals surface area contributed by atoms with E-state index in [2.05, 4.69) is 15.0 Å². The molecule has 108 valence electrons. The molecule has 0 atom stereocenters. The van der Waals surface area contributed by atoms with Crippen LogP contribution in [-0.4, -0.2) is 23.1 Å². The summed E-state index contributed by atoms with van der Waals surface area (Å²) in [5.74, 6) is 0.709. The van der Waals surface area contributed by atoms with Crippen molar-refractivity contribution in [3.63, 3.8) is 0 Å². The Bertz CT molecular complexity index is 640. The van der Waals surface area contributed by atoms with Crippen LogP contribution >= 0.6 is 0 Å². The Morgan fingerprint density at radius 3 is 2.48 bits per heavy atom. The van der Waals surface area contributed by atoms with E-state index in [-0.39, 0.29) is 11.6 Å². The first-order chi connectivity index (χ1) is 10.1. The van der Waals surface area contributed by atoms with E-state index in [0.29, 0.717) is 11.4 Å². The number of aromatic nitrogens is 1. The van der Waals surface area contributed by atoms with Gasteiger partial charge >= 0.3 is 6.09 Å². The first-order valence-electron chi connectivity index (χ1n) is 5.82. The van der Waals surface area contributed by atoms with Gasteiger partial charge in [0.05, 0.1) is 12.0 Å². The van der Waals surface area contributed by atoms with Gasteiger partial charge in [-0.05, 0) is 24.3 Å². The summed E-state index contributed by atoms with van der Waals surface area (Å²) < 4.78 is 9.89. The first kappa shape index (κ1) is 14.3. The molecule has 2 rings (SSSR count). The summed E-state index contributed by atoms with van der Waals surface area (Å²) in [5, 5.41) is 13.0. The second-order valence-electron chi connectivity index (χ2n) is 3.85. The number of nitrogens with one attached hydrogen (secondary N) is 1. The van der Waals surface area contributed by atoms with Crippen LogP contribution in [0.5, 0.6) is 11.6 Å². The van der Waals surface area contributed by atoms with Crippen LogP contribution in [0.1, 0.15) is 0 Å². The fourth-order valence-electron chi connectivity index (χ4n) is 1.44. The van der Waals surface area contributed by atoms with E-state index in [4.69, 9.17) is 4.74 Å². The van der Waals surface area contributed by atoms with Gasteiger partial charge in [0, 0.05) is 17.8 Å². The predicted octanol–water partition coefficient (Wildman–Crippen LogP) is 2.96. The number of anilines is 1. The molecule has 1 N–H and O–H groups in total. The fraction of sp³-hybridized carbons (Fsp3) is 0.0769. The van der Waals surface area contributed by atoms with Crippen LogP contribution < -0.4 is 10.1 Å². The number of benzene rings is 1. The van der Waals surface area contributed by atoms with E-state index in [9.17, 15) is 14.9 Å². The van der Waals surface area contributed by atoms with Crippen LogP contribution in [0.2, 0.25) is 0 Å². The molecule has 1 aromatic carbocycles. The molecule has 1 amide bonds. The number of rotatable bonds is 4. The van der Waals surface area contributed by atoms with Crippen molar-refractivity contribution in [2.45, 2.75) is 0 Å². The zero-order valence-electron chi connectivity index (χ0n) is 11.0. The SMILES string of the molecule is COC(=O)Nc1ccc(Oc2ccc([N+](=O)[O-])cn2)cc1. The third-order valence-corrected chi connectivity index (χ3v) is 2.44. The standard InChI is InChI=1S/C13H11N3O5/c1-20-13(17)15-9-2-5-11(6-3-9)21-12-7-4-10(8-14-12)16(18)19/h2-8H,1H3,(H,15,17). The summed E-state index contributed by atoms with van der Waals surface area (Å²) in [6, 6.07) is 9.19. The Morgan fingerprint density at radius 1 is 1.24 bits per heavy atom. The van der Waals surface area contributed by atoms with E-state index in [1.807, 2.05) is 0 Å². The summed E-state index contributed by atoms with van der Waals surface area (Å²) in [4.78, 5) is 24.8. The molecule has 0 spiro atoms. The molecule has 2 aromatic rings. The molecule has 8 nitrogen and oxygen atoms in total. The zero-order valence-corrected chi connectivity index (χ0v) is 11.0. The highest BCUT2D eigenvalue weighted by atomic mass is 16.6. The van der Waals surface area contributed by atoms with E-state index in [0.717, 1.165) is 6.20 Å². The van der Waals surface area contributed by atoms with Gasteiger partial charge in [-0.3, -0.25) is 15.4 Å². The normalized spacial score (nSPS) is 9.76. The van der Waals surface area contributed by atoms with Crippen molar-refractivity contribution in [2.75, 3.05) is 12.4 Å². The number of pyridine rings is 1. The quantitative estimate of drug-likeness (QED) is 0.685. The van der Waals surface area contributed by atoms with Crippen LogP contribution in [0.15, 0.2) is 42.6 Å². The molecule has 0 unspecified atom stereocenters. The van der Waals surface area contributed by atoms with E-state index < -0.39 is 11.0 Å². The van der Waals surface area contributed by atoms with Gasteiger partial charge in [0.15, 0.2) is 0 Å². The zero-order chi connectivity index (χ0) is 15.2. The number of nitrogens with zero attached hydrogens (tertiary/aromatic N) is 2. The molecule has 0 radical (unpaired) electrons. The summed E-state index contributed by atoms with van der Waals surface area (Å²) in [6.07, 6.45) is 0.545. The molecule has 0 aliphatic carbocycles. The third-order valence-electron chi connectivity index (χ3n) is 2.44. The lowest BCUT2D eigenvalue weighted by Crippen LogP contribution is -2.10. The van der Waals surface area contributed by atoms with Crippen molar-refractivity contribution in [1.29, 1.82) is 0 Å². The Labute approximate surface area is 119 Å². The maximum atomic E-state index is 11.0. The maximum Gasteiger partial charge on any atom is 0.411 e. The fourth-order valence-corrected chi connectivity index (χ4v) is 1.44. The van der Waals surface area contributed by atoms with Gasteiger partial charge in [-0.2, -0.15) is 0 Å². The van der Waals surface area contributed by atoms with Crippen molar-refractivity contribution in [2.24, 2.45) is 0 Å². The first-order valence-corrected chi connectivity index (χ1v) is 5.82. The Morgan fingerprint density at radius 2 is 1.95 bits per heavy atom. The van der Waals surface area contributed by atoms with E-state index in [1.54, 1.807) is 24.3 Å². The molecule has 0 fully saturated rings. The van der Waals surface area contributed by atoms with Crippen LogP contribution in [0.3, 0.4) is 0 Å². The number of methoxy groups -OCH3 is 1. The van der Waals surface area contributed by atoms with Gasteiger partial charge in [0.25, 0.3) is 5.69 Å². The highest BCUT2D eigenvalue weighted by Crippen LogP contribution is 2.22. The van der Waals surface area contributed by atoms with Gasteiger partial charge in [-0.1, -0.05) is 0 Å². The minimum Gasteiger partial charge on any atom is -0.453 e. The lowest BCUT2D eigenvalue weighted by Gasteiger charge is -2.06. The molecule has 1 heterocycles. The summed E-state index contributed by atoms with van der Waals surface area (Å²) >= 11 is 0. The van der Waals surface area contributed by atoms with Gasteiger partial charge in [-0.25, -0.2) is 9.78 Å². The molecule has 0 bridgehead atoms. The molecule has 0 aliphatic heterocycles. The van der Waals surface area contributed by atoms with E-state index >= 15 is 0 Å². The molecule has 1 aromatic heterocycles. The van der Waals surface area contributed by atoms with Crippen molar-refractivity contribution in [3.8, 4) is 11.6 Å². The molecule has 0 saturated carbocycles. The molecular weight excluding hydrogens is 278 g/mol. The van der Waals surface area contributed by atoms with Crippen molar-refractivity contribution < 1.29 is 19.2 Å². The number of carbonyl (C=O) groups excluding carboxylic acids is 1. The minimum absolute atomic E-state index is 0.111. The van der Waals surface area contributed by atoms with Crippen LogP contribution in [0.4, 0.5) is 16.2 Å². The van der Waals surface area contributed by atoms with Gasteiger partial charge in [-0.15, -0.1) is 0 Å². The summed E-state index contributed by atoms with van der Waals surface area (Å²) in [6.45, 7) is 0. The van der Waals surface area contributed by atoms with Gasteiger partial charge in [0.1, 0.15) is 11.9 Å². The number of amides is 1. The van der Waals surface area contributed by atoms with Crippen LogP contribution in [0, 0.1) is 10.1 Å². The van der Waals surface area contributed by atoms with E-state index in [1.165, 1.54) is 19.2 Å². The topological polar surface area (TPSA) is 104 Å². The summed E-state index contributed by atoms with van der Waals surface area (Å²) in [7, 11) is 1.27. The average molecular weight is 289 g/mol. The molecular formula is C13H11N3O5. The lowest BCUT2D eigenvalue weighted by molar-refractivity contribution is -0.385. The van der Waals surface area contributed by atoms with Crippen LogP contribution in [0.25, 0.3) is 0 Å². The second kappa shape index (κ2) is 6.33. The second-order valence-corrected chi connectivity index (χ2v) is 3.85. The maximum absolute atomic E-state index is 11.0. The van der Waals surface area contributed by atoms with Crippen molar-refractivity contribution in [3.05, 3.63) is 52.7 Å². The monoisotopic (exact) mass is 289 g/mol. The largest absolute Gasteiger partial charge is 0.453 e. The highest BCUT2D eigenvalue weighted by molar-refractivity contribution is 5.84. The van der Waals surface area contributed by atoms with Crippen LogP contribution in [-0.2, 0) is 4.74 Å². The lowest BCUT2D eigenvalue weighted by atomic mass is 10.3. The Hall–Kier alpha value is -3.16. The highest BCUT2D eigenvalue weighted by Gasteiger charge is 2.07. The van der Waals surface area contributed by atoms with Crippen molar-refractivity contribution >= 4 is 17.5 Å². The molecule has 21 heavy (non-hydrogen) atoms. The Kier molecular flexibility index (Phi) is 4.30. The molecule has 0 saturated heterocycles. The average Bonchev–Trinajstić information content (AvgIpc) is 2.49. The minimum atomic E-state index is -0.569. The number of carbonyl (C=O) groups is 1. The number of hydrogen-bond donors (Lipinski definition) is 1. The predicted molar refractivity (Wildman–Crippen MR) is 73.4 cm³/mol. The smallest absolute Gasteiger partial charge is 0.411 e. The Balaban J connectivity index is 2.02. The molecule has 8 heteroatoms. The number of ether oxygens (including phenoxy) is 2. The molecule has 0 aliphatic rings. The van der Waals surface area contributed by atoms with Gasteiger partial charge < -0.3 is 9.47 Å². The third kappa shape index (κ3) is 3.90. The number of hydrogen-bond acceptors (Lipinski definition) is 6.